The van der Waals surface area contributed by atoms with Crippen LogP contribution in [0.15, 0.2) is 54.6 Å². The number of benzene rings is 2. The van der Waals surface area contributed by atoms with Gasteiger partial charge in [-0.05, 0) is 44.0 Å². The molecule has 1 aliphatic heterocycles. The van der Waals surface area contributed by atoms with E-state index >= 15 is 0 Å². The standard InChI is InChI=1S/C22H26F3N3O/c1-27(15-13-17-8-3-2-4-9-17)18-10-7-14-28(16-18)21(29)26-20-12-6-5-11-19(20)22(23,24)25/h2-6,8-9,11-12,18H,7,10,13-16H2,1H3,(H,26,29)/t18-/m0/s1. The minimum atomic E-state index is -4.51. The molecule has 7 heteroatoms. The second kappa shape index (κ2) is 9.31. The number of nitrogens with one attached hydrogen (secondary N) is 1. The Balaban J connectivity index is 1.58. The van der Waals surface area contributed by atoms with E-state index in [2.05, 4.69) is 22.3 Å². The first-order valence-electron chi connectivity index (χ1n) is 9.81. The first-order valence-corrected chi connectivity index (χ1v) is 9.81. The van der Waals surface area contributed by atoms with Crippen LogP contribution in [0.5, 0.6) is 0 Å². The minimum absolute atomic E-state index is 0.191. The van der Waals surface area contributed by atoms with Crippen LogP contribution in [-0.2, 0) is 12.6 Å². The molecule has 0 unspecified atom stereocenters. The fourth-order valence-electron chi connectivity index (χ4n) is 3.67. The molecule has 0 aliphatic carbocycles. The second-order valence-electron chi connectivity index (χ2n) is 7.43. The predicted octanol–water partition coefficient (Wildman–Crippen LogP) is 4.88. The summed E-state index contributed by atoms with van der Waals surface area (Å²) in [6, 6.07) is 15.0. The van der Waals surface area contributed by atoms with Crippen molar-refractivity contribution >= 4 is 11.7 Å². The van der Waals surface area contributed by atoms with Gasteiger partial charge in [0.2, 0.25) is 0 Å². The van der Waals surface area contributed by atoms with Crippen molar-refractivity contribution in [1.29, 1.82) is 0 Å². The molecule has 1 heterocycles. The third kappa shape index (κ3) is 5.73. The van der Waals surface area contributed by atoms with Crippen molar-refractivity contribution in [2.45, 2.75) is 31.5 Å². The number of amides is 2. The number of hydrogen-bond acceptors (Lipinski definition) is 2. The summed E-state index contributed by atoms with van der Waals surface area (Å²) in [7, 11) is 2.04. The number of carbonyl (C=O) groups is 1. The molecule has 1 atom stereocenters. The molecule has 3 rings (SSSR count). The molecule has 1 saturated heterocycles. The van der Waals surface area contributed by atoms with E-state index in [1.165, 1.54) is 23.8 Å². The molecular weight excluding hydrogens is 379 g/mol. The summed E-state index contributed by atoms with van der Waals surface area (Å²) in [5.41, 5.74) is 0.222. The van der Waals surface area contributed by atoms with E-state index in [1.54, 1.807) is 4.90 Å². The summed E-state index contributed by atoms with van der Waals surface area (Å²) in [4.78, 5) is 16.5. The number of likely N-dealkylation sites (tertiary alicyclic amines) is 1. The molecule has 2 amide bonds. The smallest absolute Gasteiger partial charge is 0.323 e. The summed E-state index contributed by atoms with van der Waals surface area (Å²) in [5, 5.41) is 2.45. The number of likely N-dealkylation sites (N-methyl/N-ethyl adjacent to an activating group) is 1. The molecule has 0 aromatic heterocycles. The third-order valence-electron chi connectivity index (χ3n) is 5.38. The maximum atomic E-state index is 13.2. The molecule has 1 aliphatic rings. The van der Waals surface area contributed by atoms with Crippen LogP contribution < -0.4 is 5.32 Å². The number of nitrogens with zero attached hydrogens (tertiary/aromatic N) is 2. The highest BCUT2D eigenvalue weighted by atomic mass is 19.4. The lowest BCUT2D eigenvalue weighted by atomic mass is 10.0. The van der Waals surface area contributed by atoms with Gasteiger partial charge in [-0.3, -0.25) is 0 Å². The van der Waals surface area contributed by atoms with Gasteiger partial charge >= 0.3 is 12.2 Å². The lowest BCUT2D eigenvalue weighted by molar-refractivity contribution is -0.136. The molecule has 156 valence electrons. The van der Waals surface area contributed by atoms with Crippen LogP contribution in [0.4, 0.5) is 23.7 Å². The van der Waals surface area contributed by atoms with Crippen LogP contribution in [-0.4, -0.2) is 48.6 Å². The molecular formula is C22H26F3N3O. The second-order valence-corrected chi connectivity index (χ2v) is 7.43. The molecule has 2 aromatic carbocycles. The predicted molar refractivity (Wildman–Crippen MR) is 108 cm³/mol. The van der Waals surface area contributed by atoms with Gasteiger partial charge in [-0.2, -0.15) is 13.2 Å². The monoisotopic (exact) mass is 405 g/mol. The number of halogens is 3. The summed E-state index contributed by atoms with van der Waals surface area (Å²) < 4.78 is 39.5. The molecule has 1 fully saturated rings. The molecule has 29 heavy (non-hydrogen) atoms. The van der Waals surface area contributed by atoms with E-state index in [0.29, 0.717) is 13.1 Å². The van der Waals surface area contributed by atoms with Gasteiger partial charge in [0.1, 0.15) is 0 Å². The van der Waals surface area contributed by atoms with Crippen molar-refractivity contribution in [1.82, 2.24) is 9.80 Å². The Kier molecular flexibility index (Phi) is 6.79. The Morgan fingerprint density at radius 3 is 2.55 bits per heavy atom. The maximum Gasteiger partial charge on any atom is 0.418 e. The van der Waals surface area contributed by atoms with Gasteiger partial charge < -0.3 is 15.1 Å². The first kappa shape index (κ1) is 21.2. The zero-order valence-corrected chi connectivity index (χ0v) is 16.5. The molecule has 0 saturated carbocycles. The quantitative estimate of drug-likeness (QED) is 0.770. The van der Waals surface area contributed by atoms with Crippen LogP contribution in [0, 0.1) is 0 Å². The Morgan fingerprint density at radius 1 is 1.14 bits per heavy atom. The average Bonchev–Trinajstić information content (AvgIpc) is 2.72. The fraction of sp³-hybridized carbons (Fsp3) is 0.409. The first-order chi connectivity index (χ1) is 13.8. The number of rotatable bonds is 5. The van der Waals surface area contributed by atoms with Gasteiger partial charge in [-0.25, -0.2) is 4.79 Å². The van der Waals surface area contributed by atoms with E-state index in [9.17, 15) is 18.0 Å². The van der Waals surface area contributed by atoms with Crippen molar-refractivity contribution in [3.8, 4) is 0 Å². The number of piperidine rings is 1. The van der Waals surface area contributed by atoms with Crippen molar-refractivity contribution in [3.63, 3.8) is 0 Å². The zero-order valence-electron chi connectivity index (χ0n) is 16.5. The fourth-order valence-corrected chi connectivity index (χ4v) is 3.67. The van der Waals surface area contributed by atoms with Crippen molar-refractivity contribution in [2.75, 3.05) is 32.0 Å². The number of carbonyl (C=O) groups excluding carboxylic acids is 1. The van der Waals surface area contributed by atoms with Gasteiger partial charge in [0.25, 0.3) is 0 Å². The molecule has 4 nitrogen and oxygen atoms in total. The van der Waals surface area contributed by atoms with E-state index in [0.717, 1.165) is 31.9 Å². The lowest BCUT2D eigenvalue weighted by Crippen LogP contribution is -2.50. The third-order valence-corrected chi connectivity index (χ3v) is 5.38. The van der Waals surface area contributed by atoms with Crippen LogP contribution in [0.3, 0.4) is 0 Å². The summed E-state index contributed by atoms with van der Waals surface area (Å²) in [6.45, 7) is 1.91. The zero-order chi connectivity index (χ0) is 20.9. The molecule has 2 aromatic rings. The molecule has 1 N–H and O–H groups in total. The normalized spacial score (nSPS) is 17.4. The van der Waals surface area contributed by atoms with Crippen LogP contribution in [0.2, 0.25) is 0 Å². The molecule has 0 bridgehead atoms. The van der Waals surface area contributed by atoms with E-state index < -0.39 is 17.8 Å². The Morgan fingerprint density at radius 2 is 1.83 bits per heavy atom. The van der Waals surface area contributed by atoms with Crippen LogP contribution >= 0.6 is 0 Å². The topological polar surface area (TPSA) is 35.6 Å². The molecule has 0 spiro atoms. The Labute approximate surface area is 169 Å². The lowest BCUT2D eigenvalue weighted by Gasteiger charge is -2.37. The number of anilines is 1. The summed E-state index contributed by atoms with van der Waals surface area (Å²) >= 11 is 0. The van der Waals surface area contributed by atoms with Gasteiger partial charge in [-0.15, -0.1) is 0 Å². The van der Waals surface area contributed by atoms with Gasteiger partial charge in [0.15, 0.2) is 0 Å². The summed E-state index contributed by atoms with van der Waals surface area (Å²) in [6.07, 6.45) is -1.80. The van der Waals surface area contributed by atoms with E-state index in [4.69, 9.17) is 0 Å². The van der Waals surface area contributed by atoms with Gasteiger partial charge in [-0.1, -0.05) is 42.5 Å². The minimum Gasteiger partial charge on any atom is -0.323 e. The van der Waals surface area contributed by atoms with Crippen LogP contribution in [0.25, 0.3) is 0 Å². The van der Waals surface area contributed by atoms with Crippen LogP contribution in [0.1, 0.15) is 24.0 Å². The SMILES string of the molecule is CN(CCc1ccccc1)[C@H]1CCCN(C(=O)Nc2ccccc2C(F)(F)F)C1. The Hall–Kier alpha value is -2.54. The highest BCUT2D eigenvalue weighted by Crippen LogP contribution is 2.34. The number of para-hydroxylation sites is 1. The largest absolute Gasteiger partial charge is 0.418 e. The molecule has 0 radical (unpaired) electrons. The average molecular weight is 405 g/mol. The number of urea groups is 1. The number of hydrogen-bond donors (Lipinski definition) is 1. The Bertz CT molecular complexity index is 810. The van der Waals surface area contributed by atoms with Crippen molar-refractivity contribution in [2.24, 2.45) is 0 Å². The van der Waals surface area contributed by atoms with E-state index in [-0.39, 0.29) is 11.7 Å². The number of alkyl halides is 3. The highest BCUT2D eigenvalue weighted by molar-refractivity contribution is 5.90. The van der Waals surface area contributed by atoms with Crippen molar-refractivity contribution in [3.05, 3.63) is 65.7 Å². The highest BCUT2D eigenvalue weighted by Gasteiger charge is 2.34. The van der Waals surface area contributed by atoms with Crippen molar-refractivity contribution < 1.29 is 18.0 Å². The summed E-state index contributed by atoms with van der Waals surface area (Å²) in [5.74, 6) is 0. The maximum absolute atomic E-state index is 13.2. The van der Waals surface area contributed by atoms with Gasteiger partial charge in [0, 0.05) is 25.7 Å². The van der Waals surface area contributed by atoms with E-state index in [1.807, 2.05) is 25.2 Å². The van der Waals surface area contributed by atoms with Gasteiger partial charge in [0.05, 0.1) is 11.3 Å².